The van der Waals surface area contributed by atoms with Crippen molar-refractivity contribution in [3.05, 3.63) is 12.7 Å². The van der Waals surface area contributed by atoms with Gasteiger partial charge < -0.3 is 18.9 Å². The summed E-state index contributed by atoms with van der Waals surface area (Å²) in [5, 5.41) is 7.71. The van der Waals surface area contributed by atoms with Crippen LogP contribution in [0, 0.1) is 0 Å². The number of ether oxygens (including phenoxy) is 2. The van der Waals surface area contributed by atoms with Crippen molar-refractivity contribution in [2.45, 2.75) is 43.4 Å². The summed E-state index contributed by atoms with van der Waals surface area (Å²) in [4.78, 5) is 14.3. The molecule has 0 bridgehead atoms. The van der Waals surface area contributed by atoms with Crippen molar-refractivity contribution >= 4 is 5.91 Å². The molecule has 2 unspecified atom stereocenters. The molecule has 4 rings (SSSR count). The summed E-state index contributed by atoms with van der Waals surface area (Å²) < 4.78 is 13.6. The Kier molecular flexibility index (Phi) is 3.19. The molecule has 3 fully saturated rings. The molecule has 21 heavy (non-hydrogen) atoms. The Balaban J connectivity index is 1.40. The van der Waals surface area contributed by atoms with Gasteiger partial charge in [-0.2, -0.15) is 0 Å². The fourth-order valence-corrected chi connectivity index (χ4v) is 3.70. The molecule has 4 heterocycles. The van der Waals surface area contributed by atoms with Crippen molar-refractivity contribution in [2.75, 3.05) is 26.3 Å². The maximum absolute atomic E-state index is 12.4. The maximum Gasteiger partial charge on any atom is 0.251 e. The molecule has 7 heteroatoms. The molecular weight excluding hydrogens is 272 g/mol. The predicted octanol–water partition coefficient (Wildman–Crippen LogP) is 0.390. The highest BCUT2D eigenvalue weighted by atomic mass is 16.5. The second-order valence-corrected chi connectivity index (χ2v) is 6.27. The van der Waals surface area contributed by atoms with Crippen molar-refractivity contribution in [3.63, 3.8) is 0 Å². The van der Waals surface area contributed by atoms with Crippen LogP contribution in [0.4, 0.5) is 0 Å². The molecule has 0 radical (unpaired) electrons. The molecule has 3 saturated heterocycles. The summed E-state index contributed by atoms with van der Waals surface area (Å²) in [5.41, 5.74) is -0.191. The maximum atomic E-state index is 12.4. The van der Waals surface area contributed by atoms with Crippen LogP contribution in [0.1, 0.15) is 31.7 Å². The Morgan fingerprint density at radius 2 is 2.19 bits per heavy atom. The highest BCUT2D eigenvalue weighted by molar-refractivity contribution is 5.81. The van der Waals surface area contributed by atoms with Crippen molar-refractivity contribution in [1.82, 2.24) is 19.7 Å². The molecule has 1 aromatic rings. The number of aromatic nitrogens is 3. The minimum absolute atomic E-state index is 0.140. The van der Waals surface area contributed by atoms with Gasteiger partial charge in [0.2, 0.25) is 0 Å². The van der Waals surface area contributed by atoms with Gasteiger partial charge in [-0.1, -0.05) is 0 Å². The zero-order valence-electron chi connectivity index (χ0n) is 12.0. The van der Waals surface area contributed by atoms with Crippen LogP contribution in [-0.2, 0) is 14.3 Å². The van der Waals surface area contributed by atoms with Gasteiger partial charge in [-0.05, 0) is 19.3 Å². The Hall–Kier alpha value is -1.47. The zero-order chi connectivity index (χ0) is 14.3. The Bertz CT molecular complexity index is 514. The molecule has 1 amide bonds. The second-order valence-electron chi connectivity index (χ2n) is 6.27. The molecular formula is C14H20N4O3. The first-order valence-corrected chi connectivity index (χ1v) is 7.64. The summed E-state index contributed by atoms with van der Waals surface area (Å²) in [7, 11) is 0. The first kappa shape index (κ1) is 13.2. The molecule has 1 spiro atoms. The molecule has 0 aliphatic carbocycles. The van der Waals surface area contributed by atoms with Crippen LogP contribution in [0.3, 0.4) is 0 Å². The lowest BCUT2D eigenvalue weighted by molar-refractivity contribution is -0.140. The van der Waals surface area contributed by atoms with Crippen molar-refractivity contribution in [2.24, 2.45) is 0 Å². The average Bonchev–Trinajstić information content (AvgIpc) is 3.29. The Morgan fingerprint density at radius 3 is 2.95 bits per heavy atom. The third kappa shape index (κ3) is 2.34. The molecule has 3 aliphatic heterocycles. The van der Waals surface area contributed by atoms with Crippen LogP contribution in [0.5, 0.6) is 0 Å². The number of hydrogen-bond acceptors (Lipinski definition) is 5. The standard InChI is InChI=1S/C14H20N4O3/c19-13(12-2-1-5-20-12)17-4-3-14(8-17)6-11(7-21-14)18-9-15-16-10-18/h9-12H,1-8H2/t11?,12-,14?/m0/s1. The van der Waals surface area contributed by atoms with E-state index in [1.54, 1.807) is 12.7 Å². The van der Waals surface area contributed by atoms with E-state index in [0.29, 0.717) is 19.8 Å². The van der Waals surface area contributed by atoms with Crippen LogP contribution in [-0.4, -0.2) is 63.6 Å². The van der Waals surface area contributed by atoms with E-state index in [4.69, 9.17) is 9.47 Å². The number of hydrogen-bond donors (Lipinski definition) is 0. The van der Waals surface area contributed by atoms with E-state index in [9.17, 15) is 4.79 Å². The lowest BCUT2D eigenvalue weighted by atomic mass is 9.97. The number of carbonyl (C=O) groups excluding carboxylic acids is 1. The zero-order valence-corrected chi connectivity index (χ0v) is 12.0. The van der Waals surface area contributed by atoms with Crippen LogP contribution in [0.25, 0.3) is 0 Å². The topological polar surface area (TPSA) is 69.5 Å². The third-order valence-corrected chi connectivity index (χ3v) is 4.88. The van der Waals surface area contributed by atoms with Crippen molar-refractivity contribution in [1.29, 1.82) is 0 Å². The third-order valence-electron chi connectivity index (χ3n) is 4.88. The molecule has 7 nitrogen and oxygen atoms in total. The van der Waals surface area contributed by atoms with Gasteiger partial charge in [-0.3, -0.25) is 4.79 Å². The molecule has 1 aromatic heterocycles. The van der Waals surface area contributed by atoms with Gasteiger partial charge in [0, 0.05) is 26.1 Å². The van der Waals surface area contributed by atoms with E-state index in [-0.39, 0.29) is 23.7 Å². The van der Waals surface area contributed by atoms with Gasteiger partial charge in [-0.15, -0.1) is 10.2 Å². The van der Waals surface area contributed by atoms with Crippen LogP contribution < -0.4 is 0 Å². The van der Waals surface area contributed by atoms with Crippen LogP contribution in [0.2, 0.25) is 0 Å². The second kappa shape index (κ2) is 5.06. The van der Waals surface area contributed by atoms with Gasteiger partial charge in [0.15, 0.2) is 0 Å². The minimum atomic E-state index is -0.227. The molecule has 114 valence electrons. The number of nitrogens with zero attached hydrogens (tertiary/aromatic N) is 4. The van der Waals surface area contributed by atoms with Crippen LogP contribution >= 0.6 is 0 Å². The molecule has 0 aromatic carbocycles. The van der Waals surface area contributed by atoms with Crippen molar-refractivity contribution in [3.8, 4) is 0 Å². The molecule has 0 N–H and O–H groups in total. The SMILES string of the molecule is O=C([C@@H]1CCCO1)N1CCC2(CC(n3cnnc3)CO2)C1. The van der Waals surface area contributed by atoms with Gasteiger partial charge >= 0.3 is 0 Å². The quantitative estimate of drug-likeness (QED) is 0.788. The largest absolute Gasteiger partial charge is 0.371 e. The monoisotopic (exact) mass is 292 g/mol. The highest BCUT2D eigenvalue weighted by Gasteiger charge is 2.48. The van der Waals surface area contributed by atoms with Gasteiger partial charge in [-0.25, -0.2) is 0 Å². The first-order chi connectivity index (χ1) is 10.3. The van der Waals surface area contributed by atoms with Gasteiger partial charge in [0.25, 0.3) is 5.91 Å². The molecule has 3 atom stereocenters. The Morgan fingerprint density at radius 1 is 1.33 bits per heavy atom. The summed E-state index contributed by atoms with van der Waals surface area (Å²) in [6.45, 7) is 2.83. The number of likely N-dealkylation sites (tertiary alicyclic amines) is 1. The normalized spacial score (nSPS) is 35.9. The average molecular weight is 292 g/mol. The van der Waals surface area contributed by atoms with E-state index in [1.807, 2.05) is 9.47 Å². The van der Waals surface area contributed by atoms with E-state index in [2.05, 4.69) is 10.2 Å². The molecule has 3 aliphatic rings. The van der Waals surface area contributed by atoms with E-state index in [0.717, 1.165) is 32.2 Å². The van der Waals surface area contributed by atoms with Crippen LogP contribution in [0.15, 0.2) is 12.7 Å². The van der Waals surface area contributed by atoms with Gasteiger partial charge in [0.1, 0.15) is 18.8 Å². The summed E-state index contributed by atoms with van der Waals surface area (Å²) in [6.07, 6.45) is 6.91. The lowest BCUT2D eigenvalue weighted by Gasteiger charge is -2.24. The number of amides is 1. The minimum Gasteiger partial charge on any atom is -0.371 e. The number of rotatable bonds is 2. The van der Waals surface area contributed by atoms with Crippen molar-refractivity contribution < 1.29 is 14.3 Å². The highest BCUT2D eigenvalue weighted by Crippen LogP contribution is 2.40. The first-order valence-electron chi connectivity index (χ1n) is 7.64. The van der Waals surface area contributed by atoms with Gasteiger partial charge in [0.05, 0.1) is 18.2 Å². The Labute approximate surface area is 123 Å². The lowest BCUT2D eigenvalue weighted by Crippen LogP contribution is -2.40. The van der Waals surface area contributed by atoms with E-state index < -0.39 is 0 Å². The fourth-order valence-electron chi connectivity index (χ4n) is 3.70. The summed E-state index contributed by atoms with van der Waals surface area (Å²) >= 11 is 0. The van der Waals surface area contributed by atoms with E-state index >= 15 is 0 Å². The fraction of sp³-hybridized carbons (Fsp3) is 0.786. The smallest absolute Gasteiger partial charge is 0.251 e. The summed E-state index contributed by atoms with van der Waals surface area (Å²) in [6, 6.07) is 0.276. The van der Waals surface area contributed by atoms with E-state index in [1.165, 1.54) is 0 Å². The molecule has 0 saturated carbocycles. The summed E-state index contributed by atoms with van der Waals surface area (Å²) in [5.74, 6) is 0.140. The predicted molar refractivity (Wildman–Crippen MR) is 72.5 cm³/mol. The number of carbonyl (C=O) groups is 1.